The molecule has 3 aromatic rings. The molecule has 1 aliphatic heterocycles. The molecule has 0 bridgehead atoms. The first-order valence-electron chi connectivity index (χ1n) is 9.75. The number of amides is 1. The Morgan fingerprint density at radius 3 is 2.79 bits per heavy atom. The Morgan fingerprint density at radius 2 is 2.04 bits per heavy atom. The number of hydrogen-bond donors (Lipinski definition) is 1. The lowest BCUT2D eigenvalue weighted by Crippen LogP contribution is -2.33. The highest BCUT2D eigenvalue weighted by Gasteiger charge is 2.19. The van der Waals surface area contributed by atoms with Gasteiger partial charge >= 0.3 is 0 Å². The maximum absolute atomic E-state index is 12.9. The molecule has 1 aromatic carbocycles. The van der Waals surface area contributed by atoms with Crippen LogP contribution in [0.5, 0.6) is 0 Å². The third kappa shape index (κ3) is 4.15. The van der Waals surface area contributed by atoms with Crippen molar-refractivity contribution < 1.29 is 9.53 Å². The van der Waals surface area contributed by atoms with Crippen molar-refractivity contribution >= 4 is 5.91 Å². The average Bonchev–Trinajstić information content (AvgIpc) is 3.39. The first-order valence-corrected chi connectivity index (χ1v) is 9.75. The van der Waals surface area contributed by atoms with E-state index in [0.717, 1.165) is 30.6 Å². The number of benzene rings is 1. The van der Waals surface area contributed by atoms with Gasteiger partial charge in [0.1, 0.15) is 5.69 Å². The molecule has 0 radical (unpaired) electrons. The summed E-state index contributed by atoms with van der Waals surface area (Å²) in [6.45, 7) is 4.09. The van der Waals surface area contributed by atoms with Crippen molar-refractivity contribution in [2.24, 2.45) is 0 Å². The monoisotopic (exact) mass is 375 g/mol. The van der Waals surface area contributed by atoms with Crippen molar-refractivity contribution in [3.63, 3.8) is 0 Å². The Hall–Kier alpha value is -2.92. The van der Waals surface area contributed by atoms with Gasteiger partial charge in [0, 0.05) is 43.9 Å². The third-order valence-corrected chi connectivity index (χ3v) is 5.26. The van der Waals surface area contributed by atoms with Crippen molar-refractivity contribution in [2.45, 2.75) is 32.4 Å². The lowest BCUT2D eigenvalue weighted by Gasteiger charge is -2.13. The number of ether oxygens (including phenoxy) is 1. The molecule has 1 N–H and O–H groups in total. The summed E-state index contributed by atoms with van der Waals surface area (Å²) in [5.41, 5.74) is 5.14. The van der Waals surface area contributed by atoms with Gasteiger partial charge in [-0.25, -0.2) is 0 Å². The summed E-state index contributed by atoms with van der Waals surface area (Å²) < 4.78 is 7.66. The van der Waals surface area contributed by atoms with Crippen LogP contribution in [0.4, 0.5) is 0 Å². The molecule has 5 nitrogen and oxygen atoms in total. The highest BCUT2D eigenvalue weighted by atomic mass is 16.5. The number of carbonyl (C=O) groups excluding carboxylic acids is 1. The first kappa shape index (κ1) is 18.4. The fourth-order valence-corrected chi connectivity index (χ4v) is 3.61. The number of pyridine rings is 1. The molecule has 1 aliphatic rings. The van der Waals surface area contributed by atoms with Crippen molar-refractivity contribution in [2.75, 3.05) is 13.2 Å². The summed E-state index contributed by atoms with van der Waals surface area (Å²) in [6.07, 6.45) is 7.78. The molecule has 5 heteroatoms. The molecule has 28 heavy (non-hydrogen) atoms. The quantitative estimate of drug-likeness (QED) is 0.713. The minimum atomic E-state index is -0.0654. The molecule has 0 aliphatic carbocycles. The van der Waals surface area contributed by atoms with Crippen LogP contribution in [0.3, 0.4) is 0 Å². The number of aryl methyl sites for hydroxylation is 1. The average molecular weight is 375 g/mol. The Morgan fingerprint density at radius 1 is 1.21 bits per heavy atom. The standard InChI is InChI=1S/C23H25N3O2/c1-17-5-2-3-6-19(17)15-26-16-20(18-8-10-24-11-9-18)13-22(26)23(27)25-14-21-7-4-12-28-21/h2-3,5-6,8-11,13,16,21H,4,7,12,14-15H2,1H3,(H,25,27). The number of aromatic nitrogens is 2. The van der Waals surface area contributed by atoms with Crippen molar-refractivity contribution in [1.29, 1.82) is 0 Å². The second kappa shape index (κ2) is 8.40. The maximum atomic E-state index is 12.9. The predicted octanol–water partition coefficient (Wildman–Crippen LogP) is 3.82. The van der Waals surface area contributed by atoms with Gasteiger partial charge < -0.3 is 14.6 Å². The summed E-state index contributed by atoms with van der Waals surface area (Å²) >= 11 is 0. The molecule has 0 saturated carbocycles. The maximum Gasteiger partial charge on any atom is 0.268 e. The van der Waals surface area contributed by atoms with E-state index in [1.54, 1.807) is 12.4 Å². The normalized spacial score (nSPS) is 16.2. The van der Waals surface area contributed by atoms with Gasteiger partial charge in [0.2, 0.25) is 0 Å². The highest BCUT2D eigenvalue weighted by Crippen LogP contribution is 2.23. The molecule has 2 aromatic heterocycles. The van der Waals surface area contributed by atoms with E-state index in [1.165, 1.54) is 11.1 Å². The van der Waals surface area contributed by atoms with Gasteiger partial charge in [-0.3, -0.25) is 9.78 Å². The molecule has 3 heterocycles. The summed E-state index contributed by atoms with van der Waals surface area (Å²) in [5, 5.41) is 3.05. The molecule has 1 fully saturated rings. The van der Waals surface area contributed by atoms with Gasteiger partial charge in [-0.2, -0.15) is 0 Å². The lowest BCUT2D eigenvalue weighted by atomic mass is 10.1. The van der Waals surface area contributed by atoms with E-state index >= 15 is 0 Å². The number of carbonyl (C=O) groups is 1. The van der Waals surface area contributed by atoms with Gasteiger partial charge in [0.25, 0.3) is 5.91 Å². The molecular weight excluding hydrogens is 350 g/mol. The van der Waals surface area contributed by atoms with Crippen LogP contribution >= 0.6 is 0 Å². The molecular formula is C23H25N3O2. The highest BCUT2D eigenvalue weighted by molar-refractivity contribution is 5.94. The summed E-state index contributed by atoms with van der Waals surface area (Å²) in [6, 6.07) is 14.1. The van der Waals surface area contributed by atoms with Crippen LogP contribution in [0.15, 0.2) is 61.1 Å². The van der Waals surface area contributed by atoms with Crippen molar-refractivity contribution in [1.82, 2.24) is 14.9 Å². The smallest absolute Gasteiger partial charge is 0.268 e. The zero-order chi connectivity index (χ0) is 19.3. The van der Waals surface area contributed by atoms with E-state index in [-0.39, 0.29) is 12.0 Å². The fraction of sp³-hybridized carbons (Fsp3) is 0.304. The summed E-state index contributed by atoms with van der Waals surface area (Å²) in [5.74, 6) is -0.0654. The molecule has 0 spiro atoms. The Kier molecular flexibility index (Phi) is 5.53. The summed E-state index contributed by atoms with van der Waals surface area (Å²) in [7, 11) is 0. The minimum Gasteiger partial charge on any atom is -0.376 e. The third-order valence-electron chi connectivity index (χ3n) is 5.26. The van der Waals surface area contributed by atoms with Gasteiger partial charge in [0.05, 0.1) is 6.10 Å². The minimum absolute atomic E-state index is 0.0654. The van der Waals surface area contributed by atoms with E-state index < -0.39 is 0 Å². The summed E-state index contributed by atoms with van der Waals surface area (Å²) in [4.78, 5) is 17.0. The van der Waals surface area contributed by atoms with Crippen LogP contribution in [0, 0.1) is 6.92 Å². The van der Waals surface area contributed by atoms with E-state index in [4.69, 9.17) is 4.74 Å². The molecule has 4 rings (SSSR count). The van der Waals surface area contributed by atoms with Crippen LogP contribution in [0.1, 0.15) is 34.5 Å². The Bertz CT molecular complexity index is 943. The van der Waals surface area contributed by atoms with Gasteiger partial charge in [-0.15, -0.1) is 0 Å². The van der Waals surface area contributed by atoms with Crippen LogP contribution in [-0.4, -0.2) is 34.7 Å². The van der Waals surface area contributed by atoms with Crippen LogP contribution in [-0.2, 0) is 11.3 Å². The Labute approximate surface area is 165 Å². The first-order chi connectivity index (χ1) is 13.7. The molecule has 1 atom stereocenters. The molecule has 1 saturated heterocycles. The van der Waals surface area contributed by atoms with Gasteiger partial charge in [0.15, 0.2) is 0 Å². The molecule has 1 unspecified atom stereocenters. The number of nitrogens with one attached hydrogen (secondary N) is 1. The SMILES string of the molecule is Cc1ccccc1Cn1cc(-c2ccncc2)cc1C(=O)NCC1CCCO1. The second-order valence-electron chi connectivity index (χ2n) is 7.25. The fourth-order valence-electron chi connectivity index (χ4n) is 3.61. The van der Waals surface area contributed by atoms with Crippen molar-refractivity contribution in [3.8, 4) is 11.1 Å². The topological polar surface area (TPSA) is 56.2 Å². The van der Waals surface area contributed by atoms with E-state index in [9.17, 15) is 4.79 Å². The van der Waals surface area contributed by atoms with Gasteiger partial charge in [-0.1, -0.05) is 24.3 Å². The molecule has 1 amide bonds. The predicted molar refractivity (Wildman–Crippen MR) is 109 cm³/mol. The molecule has 144 valence electrons. The number of rotatable bonds is 6. The van der Waals surface area contributed by atoms with Crippen LogP contribution in [0.2, 0.25) is 0 Å². The Balaban J connectivity index is 1.61. The second-order valence-corrected chi connectivity index (χ2v) is 7.25. The largest absolute Gasteiger partial charge is 0.376 e. The number of hydrogen-bond acceptors (Lipinski definition) is 3. The van der Waals surface area contributed by atoms with Gasteiger partial charge in [-0.05, 0) is 54.7 Å². The van der Waals surface area contributed by atoms with Crippen LogP contribution in [0.25, 0.3) is 11.1 Å². The van der Waals surface area contributed by atoms with Crippen LogP contribution < -0.4 is 5.32 Å². The van der Waals surface area contributed by atoms with Crippen molar-refractivity contribution in [3.05, 3.63) is 77.9 Å². The lowest BCUT2D eigenvalue weighted by molar-refractivity contribution is 0.0850. The van der Waals surface area contributed by atoms with E-state index in [1.807, 2.05) is 41.1 Å². The zero-order valence-electron chi connectivity index (χ0n) is 16.1. The van der Waals surface area contributed by atoms with E-state index in [0.29, 0.717) is 18.8 Å². The number of nitrogens with zero attached hydrogens (tertiary/aromatic N) is 2. The zero-order valence-corrected chi connectivity index (χ0v) is 16.1. The van der Waals surface area contributed by atoms with E-state index in [2.05, 4.69) is 29.4 Å².